The van der Waals surface area contributed by atoms with Crippen molar-refractivity contribution in [2.24, 2.45) is 0 Å². The van der Waals surface area contributed by atoms with E-state index < -0.39 is 0 Å². The van der Waals surface area contributed by atoms with Gasteiger partial charge in [-0.3, -0.25) is 4.79 Å². The molecule has 0 aromatic carbocycles. The molecule has 0 bridgehead atoms. The van der Waals surface area contributed by atoms with E-state index in [9.17, 15) is 4.79 Å². The van der Waals surface area contributed by atoms with Crippen LogP contribution in [0.1, 0.15) is 65.0 Å². The lowest BCUT2D eigenvalue weighted by molar-refractivity contribution is 0.0703. The first-order valence-corrected chi connectivity index (χ1v) is 10.2. The summed E-state index contributed by atoms with van der Waals surface area (Å²) >= 11 is 0. The molecule has 8 heteroatoms. The van der Waals surface area contributed by atoms with Gasteiger partial charge in [0.15, 0.2) is 0 Å². The van der Waals surface area contributed by atoms with Crippen molar-refractivity contribution in [1.82, 2.24) is 30.0 Å². The highest BCUT2D eigenvalue weighted by Gasteiger charge is 2.29. The van der Waals surface area contributed by atoms with Crippen molar-refractivity contribution in [2.45, 2.75) is 57.5 Å². The molecule has 1 aliphatic carbocycles. The molecule has 3 aliphatic rings. The fraction of sp³-hybridized carbons (Fsp3) is 0.600. The first-order valence-electron chi connectivity index (χ1n) is 10.2. The number of fused-ring (bicyclic) bond motifs is 2. The molecule has 0 spiro atoms. The molecule has 1 N–H and O–H groups in total. The van der Waals surface area contributed by atoms with Crippen LogP contribution in [-0.2, 0) is 25.9 Å². The molecule has 0 atom stereocenters. The maximum Gasteiger partial charge on any atom is 0.272 e. The van der Waals surface area contributed by atoms with Crippen LogP contribution in [0.3, 0.4) is 0 Å². The van der Waals surface area contributed by atoms with Crippen molar-refractivity contribution in [3.63, 3.8) is 0 Å². The zero-order chi connectivity index (χ0) is 18.2. The Morgan fingerprint density at radius 1 is 1.07 bits per heavy atom. The van der Waals surface area contributed by atoms with Crippen molar-refractivity contribution < 1.29 is 4.79 Å². The number of pyridine rings is 1. The summed E-state index contributed by atoms with van der Waals surface area (Å²) in [7, 11) is 0. The van der Waals surface area contributed by atoms with Crippen LogP contribution >= 0.6 is 12.4 Å². The highest BCUT2D eigenvalue weighted by molar-refractivity contribution is 5.92. The fourth-order valence-electron chi connectivity index (χ4n) is 4.62. The number of nitrogens with zero attached hydrogens (tertiary/aromatic N) is 5. The second kappa shape index (κ2) is 8.17. The van der Waals surface area contributed by atoms with Gasteiger partial charge in [-0.1, -0.05) is 6.07 Å². The predicted octanol–water partition coefficient (Wildman–Crippen LogP) is 2.10. The minimum absolute atomic E-state index is 0. The van der Waals surface area contributed by atoms with Gasteiger partial charge in [0.1, 0.15) is 17.3 Å². The van der Waals surface area contributed by atoms with Crippen LogP contribution in [0.2, 0.25) is 0 Å². The van der Waals surface area contributed by atoms with Crippen LogP contribution in [0, 0.1) is 0 Å². The molecule has 150 valence electrons. The van der Waals surface area contributed by atoms with E-state index >= 15 is 0 Å². The number of aromatic nitrogens is 4. The predicted molar refractivity (Wildman–Crippen MR) is 108 cm³/mol. The third-order valence-electron chi connectivity index (χ3n) is 6.20. The number of carbonyl (C=O) groups is 1. The van der Waals surface area contributed by atoms with E-state index in [1.807, 2.05) is 11.0 Å². The summed E-state index contributed by atoms with van der Waals surface area (Å²) in [5.74, 6) is 2.61. The summed E-state index contributed by atoms with van der Waals surface area (Å²) in [6.07, 6.45) is 6.41. The molecule has 1 fully saturated rings. The second-order valence-electron chi connectivity index (χ2n) is 7.88. The maximum atomic E-state index is 12.9. The van der Waals surface area contributed by atoms with Crippen LogP contribution in [0.5, 0.6) is 0 Å². The Kier molecular flexibility index (Phi) is 5.64. The first-order chi connectivity index (χ1) is 13.3. The molecule has 5 rings (SSSR count). The lowest BCUT2D eigenvalue weighted by atomic mass is 9.94. The molecular weight excluding hydrogens is 376 g/mol. The average molecular weight is 403 g/mol. The molecule has 0 unspecified atom stereocenters. The number of aryl methyl sites for hydroxylation is 2. The van der Waals surface area contributed by atoms with Gasteiger partial charge in [0.05, 0.1) is 6.54 Å². The molecule has 1 saturated heterocycles. The van der Waals surface area contributed by atoms with Gasteiger partial charge in [-0.05, 0) is 50.2 Å². The molecule has 2 aromatic rings. The van der Waals surface area contributed by atoms with E-state index in [2.05, 4.69) is 26.1 Å². The molecule has 2 aliphatic heterocycles. The van der Waals surface area contributed by atoms with E-state index in [-0.39, 0.29) is 18.3 Å². The monoisotopic (exact) mass is 402 g/mol. The molecular formula is C20H27ClN6O. The number of piperidine rings is 1. The van der Waals surface area contributed by atoms with Gasteiger partial charge in [0.2, 0.25) is 0 Å². The third kappa shape index (κ3) is 3.53. The number of hydrogen-bond acceptors (Lipinski definition) is 5. The Balaban J connectivity index is 0.00000192. The average Bonchev–Trinajstić information content (AvgIpc) is 3.17. The van der Waals surface area contributed by atoms with E-state index in [1.165, 1.54) is 18.4 Å². The second-order valence-corrected chi connectivity index (χ2v) is 7.88. The molecule has 1 amide bonds. The number of halogens is 1. The van der Waals surface area contributed by atoms with Crippen LogP contribution in [0.15, 0.2) is 12.1 Å². The van der Waals surface area contributed by atoms with Crippen molar-refractivity contribution >= 4 is 18.3 Å². The maximum absolute atomic E-state index is 12.9. The Bertz CT molecular complexity index is 858. The summed E-state index contributed by atoms with van der Waals surface area (Å²) in [4.78, 5) is 19.6. The summed E-state index contributed by atoms with van der Waals surface area (Å²) in [6, 6.07) is 4.03. The molecule has 0 radical (unpaired) electrons. The van der Waals surface area contributed by atoms with E-state index in [4.69, 9.17) is 4.98 Å². The zero-order valence-corrected chi connectivity index (χ0v) is 16.9. The van der Waals surface area contributed by atoms with E-state index in [1.54, 1.807) is 0 Å². The highest BCUT2D eigenvalue weighted by atomic mass is 35.5. The number of rotatable bonds is 2. The number of carbonyl (C=O) groups excluding carboxylic acids is 1. The standard InChI is InChI=1S/C20H26N6O.ClH/c27-20(17-6-5-14-3-1-2-4-16(14)22-17)25-10-7-15(8-11-25)19-24-23-18-13-21-9-12-26(18)19;/h5-6,15,21H,1-4,7-13H2;1H. The van der Waals surface area contributed by atoms with Crippen LogP contribution < -0.4 is 5.32 Å². The highest BCUT2D eigenvalue weighted by Crippen LogP contribution is 2.29. The summed E-state index contributed by atoms with van der Waals surface area (Å²) < 4.78 is 2.27. The van der Waals surface area contributed by atoms with E-state index in [0.717, 1.165) is 75.7 Å². The minimum atomic E-state index is 0. The summed E-state index contributed by atoms with van der Waals surface area (Å²) in [5.41, 5.74) is 3.06. The number of nitrogens with one attached hydrogen (secondary N) is 1. The van der Waals surface area contributed by atoms with Crippen LogP contribution in [0.25, 0.3) is 0 Å². The molecule has 4 heterocycles. The van der Waals surface area contributed by atoms with Crippen LogP contribution in [-0.4, -0.2) is 50.2 Å². The Hall–Kier alpha value is -1.99. The summed E-state index contributed by atoms with van der Waals surface area (Å²) in [5, 5.41) is 12.1. The largest absolute Gasteiger partial charge is 0.337 e. The van der Waals surface area contributed by atoms with Gasteiger partial charge < -0.3 is 14.8 Å². The molecule has 7 nitrogen and oxygen atoms in total. The van der Waals surface area contributed by atoms with Crippen LogP contribution in [0.4, 0.5) is 0 Å². The van der Waals surface area contributed by atoms with Gasteiger partial charge in [-0.15, -0.1) is 22.6 Å². The van der Waals surface area contributed by atoms with Gasteiger partial charge in [-0.2, -0.15) is 0 Å². The first kappa shape index (κ1) is 19.3. The zero-order valence-electron chi connectivity index (χ0n) is 16.1. The number of amides is 1. The number of likely N-dealkylation sites (tertiary alicyclic amines) is 1. The number of hydrogen-bond donors (Lipinski definition) is 1. The third-order valence-corrected chi connectivity index (χ3v) is 6.20. The molecule has 28 heavy (non-hydrogen) atoms. The summed E-state index contributed by atoms with van der Waals surface area (Å²) in [6.45, 7) is 4.25. The smallest absolute Gasteiger partial charge is 0.272 e. The Labute approximate surface area is 171 Å². The van der Waals surface area contributed by atoms with Crippen molar-refractivity contribution in [3.8, 4) is 0 Å². The minimum Gasteiger partial charge on any atom is -0.337 e. The SMILES string of the molecule is Cl.O=C(c1ccc2c(n1)CCCC2)N1CCC(c2nnc3n2CCNC3)CC1. The quantitative estimate of drug-likeness (QED) is 0.832. The topological polar surface area (TPSA) is 75.9 Å². The lowest BCUT2D eigenvalue weighted by Gasteiger charge is -2.32. The van der Waals surface area contributed by atoms with Gasteiger partial charge in [0.25, 0.3) is 5.91 Å². The van der Waals surface area contributed by atoms with Crippen molar-refractivity contribution in [2.75, 3.05) is 19.6 Å². The Morgan fingerprint density at radius 3 is 2.75 bits per heavy atom. The lowest BCUT2D eigenvalue weighted by Crippen LogP contribution is -2.39. The molecule has 0 saturated carbocycles. The van der Waals surface area contributed by atoms with Gasteiger partial charge in [-0.25, -0.2) is 4.98 Å². The Morgan fingerprint density at radius 2 is 1.89 bits per heavy atom. The van der Waals surface area contributed by atoms with Crippen molar-refractivity contribution in [3.05, 3.63) is 40.7 Å². The van der Waals surface area contributed by atoms with Crippen molar-refractivity contribution in [1.29, 1.82) is 0 Å². The van der Waals surface area contributed by atoms with Gasteiger partial charge in [0, 0.05) is 37.8 Å². The normalized spacial score (nSPS) is 19.5. The van der Waals surface area contributed by atoms with E-state index in [0.29, 0.717) is 11.6 Å². The molecule has 2 aromatic heterocycles. The fourth-order valence-corrected chi connectivity index (χ4v) is 4.62. The van der Waals surface area contributed by atoms with Gasteiger partial charge >= 0.3 is 0 Å².